The van der Waals surface area contributed by atoms with Crippen LogP contribution in [0.2, 0.25) is 0 Å². The van der Waals surface area contributed by atoms with E-state index < -0.39 is 5.41 Å². The van der Waals surface area contributed by atoms with Gasteiger partial charge in [0.05, 0.1) is 12.5 Å². The van der Waals surface area contributed by atoms with Crippen LogP contribution in [0.15, 0.2) is 53.0 Å². The highest BCUT2D eigenvalue weighted by molar-refractivity contribution is 9.10. The van der Waals surface area contributed by atoms with Crippen molar-refractivity contribution in [1.82, 2.24) is 5.32 Å². The molecule has 0 aliphatic heterocycles. The van der Waals surface area contributed by atoms with Crippen molar-refractivity contribution in [3.05, 3.63) is 64.1 Å². The molecule has 2 aromatic rings. The fourth-order valence-corrected chi connectivity index (χ4v) is 3.85. The predicted octanol–water partition coefficient (Wildman–Crippen LogP) is 4.59. The Labute approximate surface area is 151 Å². The van der Waals surface area contributed by atoms with Crippen LogP contribution >= 0.6 is 15.9 Å². The smallest absolute Gasteiger partial charge is 0.230 e. The normalized spacial score (nSPS) is 15.9. The van der Waals surface area contributed by atoms with E-state index in [9.17, 15) is 4.79 Å². The van der Waals surface area contributed by atoms with Crippen LogP contribution in [0.5, 0.6) is 5.75 Å². The number of nitrogens with one attached hydrogen (secondary N) is 1. The zero-order chi connectivity index (χ0) is 17.0. The summed E-state index contributed by atoms with van der Waals surface area (Å²) < 4.78 is 6.41. The lowest BCUT2D eigenvalue weighted by atomic mass is 9.78. The molecule has 1 aliphatic rings. The number of methoxy groups -OCH3 is 1. The summed E-state index contributed by atoms with van der Waals surface area (Å²) in [4.78, 5) is 13.1. The Kier molecular flexibility index (Phi) is 5.24. The molecule has 0 atom stereocenters. The van der Waals surface area contributed by atoms with Gasteiger partial charge in [0.15, 0.2) is 0 Å². The van der Waals surface area contributed by atoms with Gasteiger partial charge in [0, 0.05) is 16.6 Å². The molecule has 0 aromatic heterocycles. The summed E-state index contributed by atoms with van der Waals surface area (Å²) in [6, 6.07) is 16.0. The van der Waals surface area contributed by atoms with Crippen molar-refractivity contribution in [2.24, 2.45) is 0 Å². The van der Waals surface area contributed by atoms with Gasteiger partial charge in [-0.2, -0.15) is 0 Å². The van der Waals surface area contributed by atoms with Crippen molar-refractivity contribution >= 4 is 21.8 Å². The fourth-order valence-electron chi connectivity index (χ4n) is 3.59. The van der Waals surface area contributed by atoms with E-state index >= 15 is 0 Å². The van der Waals surface area contributed by atoms with E-state index in [1.165, 1.54) is 0 Å². The van der Waals surface area contributed by atoms with Gasteiger partial charge in [-0.25, -0.2) is 0 Å². The Hall–Kier alpha value is -1.81. The highest BCUT2D eigenvalue weighted by Gasteiger charge is 2.42. The molecule has 1 N–H and O–H groups in total. The van der Waals surface area contributed by atoms with Crippen LogP contribution in [-0.2, 0) is 16.8 Å². The van der Waals surface area contributed by atoms with Gasteiger partial charge in [-0.05, 0) is 36.6 Å². The van der Waals surface area contributed by atoms with Crippen LogP contribution in [0, 0.1) is 0 Å². The molecule has 4 heteroatoms. The number of amides is 1. The van der Waals surface area contributed by atoms with E-state index in [0.717, 1.165) is 47.0 Å². The van der Waals surface area contributed by atoms with Crippen molar-refractivity contribution in [2.45, 2.75) is 37.6 Å². The molecule has 1 fully saturated rings. The number of carbonyl (C=O) groups is 1. The second-order valence-corrected chi connectivity index (χ2v) is 7.21. The molecule has 3 rings (SSSR count). The molecule has 2 aromatic carbocycles. The molecule has 24 heavy (non-hydrogen) atoms. The van der Waals surface area contributed by atoms with Crippen molar-refractivity contribution in [2.75, 3.05) is 7.11 Å². The van der Waals surface area contributed by atoms with Crippen molar-refractivity contribution < 1.29 is 9.53 Å². The number of hydrogen-bond acceptors (Lipinski definition) is 2. The minimum absolute atomic E-state index is 0.119. The third kappa shape index (κ3) is 3.34. The van der Waals surface area contributed by atoms with Crippen LogP contribution in [-0.4, -0.2) is 13.0 Å². The first-order valence-corrected chi connectivity index (χ1v) is 9.11. The minimum Gasteiger partial charge on any atom is -0.496 e. The van der Waals surface area contributed by atoms with E-state index in [1.54, 1.807) is 7.11 Å². The molecular formula is C20H22BrNO2. The Morgan fingerprint density at radius 1 is 1.12 bits per heavy atom. The lowest BCUT2D eigenvalue weighted by Gasteiger charge is -2.28. The summed E-state index contributed by atoms with van der Waals surface area (Å²) >= 11 is 3.47. The number of para-hydroxylation sites is 1. The first kappa shape index (κ1) is 17.0. The largest absolute Gasteiger partial charge is 0.496 e. The first-order valence-electron chi connectivity index (χ1n) is 8.32. The predicted molar refractivity (Wildman–Crippen MR) is 99.1 cm³/mol. The molecule has 126 valence electrons. The van der Waals surface area contributed by atoms with Gasteiger partial charge in [-0.3, -0.25) is 4.79 Å². The van der Waals surface area contributed by atoms with Crippen LogP contribution in [0.1, 0.15) is 36.8 Å². The quantitative estimate of drug-likeness (QED) is 0.814. The van der Waals surface area contributed by atoms with Crippen LogP contribution < -0.4 is 10.1 Å². The van der Waals surface area contributed by atoms with Crippen LogP contribution in [0.3, 0.4) is 0 Å². The van der Waals surface area contributed by atoms with E-state index in [2.05, 4.69) is 33.4 Å². The third-order valence-electron chi connectivity index (χ3n) is 4.92. The molecule has 1 aliphatic carbocycles. The molecule has 0 heterocycles. The molecule has 3 nitrogen and oxygen atoms in total. The van der Waals surface area contributed by atoms with Gasteiger partial charge >= 0.3 is 0 Å². The van der Waals surface area contributed by atoms with E-state index in [4.69, 9.17) is 4.74 Å². The Morgan fingerprint density at radius 2 is 1.79 bits per heavy atom. The number of carbonyl (C=O) groups excluding carboxylic acids is 1. The van der Waals surface area contributed by atoms with Gasteiger partial charge in [0.1, 0.15) is 5.75 Å². The van der Waals surface area contributed by atoms with Gasteiger partial charge in [-0.1, -0.05) is 59.1 Å². The maximum absolute atomic E-state index is 13.1. The van der Waals surface area contributed by atoms with Crippen molar-refractivity contribution in [3.8, 4) is 5.75 Å². The fraction of sp³-hybridized carbons (Fsp3) is 0.350. The standard InChI is InChI=1S/C20H22BrNO2/c1-24-18-7-3-2-6-15(18)14-22-19(23)20(12-4-5-13-20)16-8-10-17(21)11-9-16/h2-3,6-11H,4-5,12-14H2,1H3,(H,22,23). The summed E-state index contributed by atoms with van der Waals surface area (Å²) in [6.45, 7) is 0.487. The Morgan fingerprint density at radius 3 is 2.46 bits per heavy atom. The highest BCUT2D eigenvalue weighted by atomic mass is 79.9. The number of ether oxygens (including phenoxy) is 1. The monoisotopic (exact) mass is 387 g/mol. The molecule has 0 saturated heterocycles. The van der Waals surface area contributed by atoms with Crippen LogP contribution in [0.25, 0.3) is 0 Å². The summed E-state index contributed by atoms with van der Waals surface area (Å²) in [6.07, 6.45) is 4.01. The molecule has 0 radical (unpaired) electrons. The average molecular weight is 388 g/mol. The summed E-state index contributed by atoms with van der Waals surface area (Å²) in [5, 5.41) is 3.14. The second kappa shape index (κ2) is 7.39. The Bertz CT molecular complexity index is 706. The lowest BCUT2D eigenvalue weighted by molar-refractivity contribution is -0.126. The highest BCUT2D eigenvalue weighted by Crippen LogP contribution is 2.41. The lowest BCUT2D eigenvalue weighted by Crippen LogP contribution is -2.42. The number of rotatable bonds is 5. The summed E-state index contributed by atoms with van der Waals surface area (Å²) in [5.74, 6) is 0.926. The van der Waals surface area contributed by atoms with Crippen LogP contribution in [0.4, 0.5) is 0 Å². The molecule has 0 bridgehead atoms. The molecule has 1 amide bonds. The average Bonchev–Trinajstić information content (AvgIpc) is 3.11. The topological polar surface area (TPSA) is 38.3 Å². The SMILES string of the molecule is COc1ccccc1CNC(=O)C1(c2ccc(Br)cc2)CCCC1. The second-order valence-electron chi connectivity index (χ2n) is 6.29. The molecule has 1 saturated carbocycles. The first-order chi connectivity index (χ1) is 11.7. The minimum atomic E-state index is -0.400. The van der Waals surface area contributed by atoms with Gasteiger partial charge in [-0.15, -0.1) is 0 Å². The zero-order valence-electron chi connectivity index (χ0n) is 13.8. The van der Waals surface area contributed by atoms with Gasteiger partial charge < -0.3 is 10.1 Å². The van der Waals surface area contributed by atoms with E-state index in [0.29, 0.717) is 6.54 Å². The molecular weight excluding hydrogens is 366 g/mol. The zero-order valence-corrected chi connectivity index (χ0v) is 15.4. The number of benzene rings is 2. The number of halogens is 1. The summed E-state index contributed by atoms with van der Waals surface area (Å²) in [7, 11) is 1.65. The maximum atomic E-state index is 13.1. The van der Waals surface area contributed by atoms with E-state index in [-0.39, 0.29) is 5.91 Å². The molecule has 0 spiro atoms. The van der Waals surface area contributed by atoms with Crippen molar-refractivity contribution in [3.63, 3.8) is 0 Å². The van der Waals surface area contributed by atoms with Crippen molar-refractivity contribution in [1.29, 1.82) is 0 Å². The third-order valence-corrected chi connectivity index (χ3v) is 5.45. The van der Waals surface area contributed by atoms with E-state index in [1.807, 2.05) is 36.4 Å². The van der Waals surface area contributed by atoms with Gasteiger partial charge in [0.2, 0.25) is 5.91 Å². The number of hydrogen-bond donors (Lipinski definition) is 1. The maximum Gasteiger partial charge on any atom is 0.230 e. The summed E-state index contributed by atoms with van der Waals surface area (Å²) in [5.41, 5.74) is 1.71. The molecule has 0 unspecified atom stereocenters. The van der Waals surface area contributed by atoms with Gasteiger partial charge in [0.25, 0.3) is 0 Å². The Balaban J connectivity index is 1.79.